The van der Waals surface area contributed by atoms with Gasteiger partial charge >= 0.3 is 0 Å². The van der Waals surface area contributed by atoms with Crippen LogP contribution in [-0.4, -0.2) is 16.8 Å². The van der Waals surface area contributed by atoms with E-state index in [-0.39, 0.29) is 18.6 Å². The Morgan fingerprint density at radius 2 is 2.00 bits per heavy atom. The second-order valence-corrected chi connectivity index (χ2v) is 2.55. The minimum absolute atomic E-state index is 0.143. The molecule has 0 aliphatic carbocycles. The zero-order valence-corrected chi connectivity index (χ0v) is 6.57. The van der Waals surface area contributed by atoms with E-state index in [1.165, 1.54) is 12.1 Å². The van der Waals surface area contributed by atoms with Crippen molar-refractivity contribution in [1.29, 1.82) is 0 Å². The highest BCUT2D eigenvalue weighted by Gasteiger charge is 2.10. The molecular weight excluding hydrogens is 159 g/mol. The van der Waals surface area contributed by atoms with Crippen LogP contribution in [0, 0.1) is 5.82 Å². The first-order valence-electron chi connectivity index (χ1n) is 3.79. The Kier molecular flexibility index (Phi) is 3.19. The lowest BCUT2D eigenvalue weighted by atomic mass is 10.1. The third kappa shape index (κ3) is 2.03. The van der Waals surface area contributed by atoms with Gasteiger partial charge in [0.1, 0.15) is 5.82 Å². The predicted octanol–water partition coefficient (Wildman–Crippen LogP) is 1.24. The van der Waals surface area contributed by atoms with Crippen molar-refractivity contribution < 1.29 is 14.6 Å². The summed E-state index contributed by atoms with van der Waals surface area (Å²) in [5.41, 5.74) is 0.242. The van der Waals surface area contributed by atoms with Crippen molar-refractivity contribution in [1.82, 2.24) is 0 Å². The highest BCUT2D eigenvalue weighted by atomic mass is 19.1. The third-order valence-electron chi connectivity index (χ3n) is 1.67. The van der Waals surface area contributed by atoms with Gasteiger partial charge in [-0.05, 0) is 6.07 Å². The molecule has 0 heterocycles. The molecule has 0 radical (unpaired) electrons. The zero-order valence-electron chi connectivity index (χ0n) is 6.57. The average Bonchev–Trinajstić information content (AvgIpc) is 2.05. The summed E-state index contributed by atoms with van der Waals surface area (Å²) in [5, 5.41) is 17.8. The van der Waals surface area contributed by atoms with Gasteiger partial charge in [-0.15, -0.1) is 0 Å². The SMILES string of the molecule is OCC[C@H](O)c1ccccc1F. The van der Waals surface area contributed by atoms with Crippen molar-refractivity contribution in [2.45, 2.75) is 12.5 Å². The number of aliphatic hydroxyl groups excluding tert-OH is 2. The van der Waals surface area contributed by atoms with Crippen molar-refractivity contribution in [2.24, 2.45) is 0 Å². The molecule has 1 aromatic carbocycles. The highest BCUT2D eigenvalue weighted by molar-refractivity contribution is 5.19. The Balaban J connectivity index is 2.79. The maximum atomic E-state index is 12.9. The second-order valence-electron chi connectivity index (χ2n) is 2.55. The molecule has 0 spiro atoms. The third-order valence-corrected chi connectivity index (χ3v) is 1.67. The zero-order chi connectivity index (χ0) is 8.97. The fraction of sp³-hybridized carbons (Fsp3) is 0.333. The van der Waals surface area contributed by atoms with Gasteiger partial charge in [0.25, 0.3) is 0 Å². The van der Waals surface area contributed by atoms with Gasteiger partial charge in [-0.25, -0.2) is 4.39 Å². The van der Waals surface area contributed by atoms with E-state index in [4.69, 9.17) is 5.11 Å². The smallest absolute Gasteiger partial charge is 0.128 e. The maximum Gasteiger partial charge on any atom is 0.128 e. The first-order valence-corrected chi connectivity index (χ1v) is 3.79. The van der Waals surface area contributed by atoms with E-state index in [0.29, 0.717) is 0 Å². The van der Waals surface area contributed by atoms with Crippen LogP contribution in [0.4, 0.5) is 4.39 Å². The van der Waals surface area contributed by atoms with Crippen molar-refractivity contribution in [3.63, 3.8) is 0 Å². The maximum absolute atomic E-state index is 12.9. The molecule has 1 atom stereocenters. The molecule has 0 bridgehead atoms. The first-order chi connectivity index (χ1) is 5.75. The molecule has 0 fully saturated rings. The molecule has 0 saturated carbocycles. The van der Waals surface area contributed by atoms with Crippen LogP contribution in [0.1, 0.15) is 18.1 Å². The monoisotopic (exact) mass is 170 g/mol. The molecule has 1 aromatic rings. The lowest BCUT2D eigenvalue weighted by Crippen LogP contribution is -2.02. The van der Waals surface area contributed by atoms with E-state index in [1.54, 1.807) is 12.1 Å². The summed E-state index contributed by atoms with van der Waals surface area (Å²) in [6.45, 7) is -0.143. The number of hydrogen-bond acceptors (Lipinski definition) is 2. The molecule has 0 unspecified atom stereocenters. The highest BCUT2D eigenvalue weighted by Crippen LogP contribution is 2.18. The molecule has 0 aliphatic rings. The number of benzene rings is 1. The molecule has 66 valence electrons. The Hall–Kier alpha value is -0.930. The van der Waals surface area contributed by atoms with Crippen LogP contribution in [0.15, 0.2) is 24.3 Å². The van der Waals surface area contributed by atoms with E-state index in [2.05, 4.69) is 0 Å². The second kappa shape index (κ2) is 4.18. The van der Waals surface area contributed by atoms with E-state index in [9.17, 15) is 9.50 Å². The summed E-state index contributed by atoms with van der Waals surface area (Å²) in [6, 6.07) is 6.01. The summed E-state index contributed by atoms with van der Waals surface area (Å²) >= 11 is 0. The van der Waals surface area contributed by atoms with Crippen LogP contribution >= 0.6 is 0 Å². The summed E-state index contributed by atoms with van der Waals surface area (Å²) in [7, 11) is 0. The van der Waals surface area contributed by atoms with Crippen LogP contribution in [0.25, 0.3) is 0 Å². The summed E-state index contributed by atoms with van der Waals surface area (Å²) in [4.78, 5) is 0. The fourth-order valence-electron chi connectivity index (χ4n) is 1.02. The van der Waals surface area contributed by atoms with E-state index >= 15 is 0 Å². The molecule has 2 nitrogen and oxygen atoms in total. The number of rotatable bonds is 3. The summed E-state index contributed by atoms with van der Waals surface area (Å²) in [5.74, 6) is -0.432. The molecular formula is C9H11FO2. The quantitative estimate of drug-likeness (QED) is 0.716. The van der Waals surface area contributed by atoms with Crippen molar-refractivity contribution in [3.05, 3.63) is 35.6 Å². The average molecular weight is 170 g/mol. The molecule has 0 saturated heterocycles. The van der Waals surface area contributed by atoms with Gasteiger partial charge in [-0.3, -0.25) is 0 Å². The van der Waals surface area contributed by atoms with Gasteiger partial charge in [0.05, 0.1) is 6.10 Å². The van der Waals surface area contributed by atoms with Gasteiger partial charge in [0.2, 0.25) is 0 Å². The van der Waals surface area contributed by atoms with Crippen molar-refractivity contribution in [3.8, 4) is 0 Å². The van der Waals surface area contributed by atoms with Crippen LogP contribution < -0.4 is 0 Å². The first kappa shape index (κ1) is 9.16. The van der Waals surface area contributed by atoms with Crippen LogP contribution in [-0.2, 0) is 0 Å². The molecule has 0 aromatic heterocycles. The Morgan fingerprint density at radius 3 is 2.58 bits per heavy atom. The van der Waals surface area contributed by atoms with Gasteiger partial charge in [0, 0.05) is 18.6 Å². The summed E-state index contributed by atoms with van der Waals surface area (Å²) < 4.78 is 12.9. The molecule has 0 amide bonds. The molecule has 1 rings (SSSR count). The van der Waals surface area contributed by atoms with Crippen LogP contribution in [0.3, 0.4) is 0 Å². The molecule has 2 N–H and O–H groups in total. The topological polar surface area (TPSA) is 40.5 Å². The Labute approximate surface area is 70.3 Å². The number of hydrogen-bond donors (Lipinski definition) is 2. The minimum Gasteiger partial charge on any atom is -0.396 e. The van der Waals surface area contributed by atoms with E-state index in [1.807, 2.05) is 0 Å². The van der Waals surface area contributed by atoms with Gasteiger partial charge in [-0.2, -0.15) is 0 Å². The fourth-order valence-corrected chi connectivity index (χ4v) is 1.02. The predicted molar refractivity (Wildman–Crippen MR) is 43.1 cm³/mol. The minimum atomic E-state index is -0.906. The van der Waals surface area contributed by atoms with Crippen molar-refractivity contribution in [2.75, 3.05) is 6.61 Å². The van der Waals surface area contributed by atoms with Gasteiger partial charge in [0.15, 0.2) is 0 Å². The molecule has 3 heteroatoms. The molecule has 0 aliphatic heterocycles. The lowest BCUT2D eigenvalue weighted by molar-refractivity contribution is 0.131. The Bertz CT molecular complexity index is 250. The van der Waals surface area contributed by atoms with E-state index in [0.717, 1.165) is 0 Å². The standard InChI is InChI=1S/C9H11FO2/c10-8-4-2-1-3-7(8)9(12)5-6-11/h1-4,9,11-12H,5-6H2/t9-/m0/s1. The van der Waals surface area contributed by atoms with Crippen LogP contribution in [0.5, 0.6) is 0 Å². The number of halogens is 1. The normalized spacial score (nSPS) is 12.9. The lowest BCUT2D eigenvalue weighted by Gasteiger charge is -2.09. The van der Waals surface area contributed by atoms with Crippen molar-refractivity contribution >= 4 is 0 Å². The van der Waals surface area contributed by atoms with Gasteiger partial charge in [-0.1, -0.05) is 18.2 Å². The number of aliphatic hydroxyl groups is 2. The van der Waals surface area contributed by atoms with Gasteiger partial charge < -0.3 is 10.2 Å². The Morgan fingerprint density at radius 1 is 1.33 bits per heavy atom. The largest absolute Gasteiger partial charge is 0.396 e. The summed E-state index contributed by atoms with van der Waals surface area (Å²) in [6.07, 6.45) is -0.739. The molecule has 12 heavy (non-hydrogen) atoms. The van der Waals surface area contributed by atoms with E-state index < -0.39 is 11.9 Å². The van der Waals surface area contributed by atoms with Crippen LogP contribution in [0.2, 0.25) is 0 Å².